The molecule has 0 heterocycles. The van der Waals surface area contributed by atoms with E-state index in [-0.39, 0.29) is 12.8 Å². The molecule has 0 aliphatic heterocycles. The van der Waals surface area contributed by atoms with Crippen molar-refractivity contribution < 1.29 is 21.6 Å². The second-order valence-corrected chi connectivity index (χ2v) is 15.0. The van der Waals surface area contributed by atoms with E-state index in [1.165, 1.54) is 13.8 Å². The van der Waals surface area contributed by atoms with Gasteiger partial charge in [-0.05, 0) is 74.6 Å². The molecule has 9 heteroatoms. The normalized spacial score (nSPS) is 16.2. The number of carbonyl (C=O) groups is 1. The van der Waals surface area contributed by atoms with E-state index < -0.39 is 35.0 Å². The van der Waals surface area contributed by atoms with Crippen molar-refractivity contribution in [3.8, 4) is 0 Å². The van der Waals surface area contributed by atoms with E-state index in [1.807, 2.05) is 36.8 Å². The second kappa shape index (κ2) is 9.91. The Balaban J connectivity index is 2.56. The number of ketones is 1. The summed E-state index contributed by atoms with van der Waals surface area (Å²) in [6.07, 6.45) is 5.66. The largest absolute Gasteiger partial charge is 0.296 e. The molecular formula is C23H30O5S4. The molecule has 2 atom stereocenters. The Morgan fingerprint density at radius 3 is 1.19 bits per heavy atom. The summed E-state index contributed by atoms with van der Waals surface area (Å²) in [7, 11) is -7.89. The summed E-state index contributed by atoms with van der Waals surface area (Å²) in [5.74, 6) is -0.808. The number of benzene rings is 2. The molecule has 32 heavy (non-hydrogen) atoms. The summed E-state index contributed by atoms with van der Waals surface area (Å²) in [5, 5.41) is 0. The van der Waals surface area contributed by atoms with E-state index in [1.54, 1.807) is 47.8 Å². The minimum absolute atomic E-state index is 0.101. The third-order valence-electron chi connectivity index (χ3n) is 6.00. The molecular weight excluding hydrogens is 485 g/mol. The summed E-state index contributed by atoms with van der Waals surface area (Å²) >= 11 is 3.11. The number of rotatable bonds is 10. The summed E-state index contributed by atoms with van der Waals surface area (Å²) in [6, 6.07) is 14.5. The minimum Gasteiger partial charge on any atom is -0.296 e. The van der Waals surface area contributed by atoms with Crippen molar-refractivity contribution in [3.05, 3.63) is 59.7 Å². The predicted molar refractivity (Wildman–Crippen MR) is 135 cm³/mol. The monoisotopic (exact) mass is 514 g/mol. The van der Waals surface area contributed by atoms with Crippen LogP contribution in [-0.2, 0) is 37.3 Å². The number of sulfone groups is 2. The highest BCUT2D eigenvalue weighted by molar-refractivity contribution is 7.98. The zero-order valence-electron chi connectivity index (χ0n) is 19.2. The highest BCUT2D eigenvalue weighted by Crippen LogP contribution is 2.35. The van der Waals surface area contributed by atoms with Crippen LogP contribution in [0.5, 0.6) is 0 Å². The van der Waals surface area contributed by atoms with Gasteiger partial charge in [-0.25, -0.2) is 16.8 Å². The van der Waals surface area contributed by atoms with Gasteiger partial charge in [-0.1, -0.05) is 24.3 Å². The van der Waals surface area contributed by atoms with Gasteiger partial charge in [-0.15, -0.1) is 23.5 Å². The van der Waals surface area contributed by atoms with Gasteiger partial charge < -0.3 is 0 Å². The van der Waals surface area contributed by atoms with Crippen molar-refractivity contribution in [2.75, 3.05) is 25.0 Å². The fourth-order valence-corrected chi connectivity index (χ4v) is 6.45. The topological polar surface area (TPSA) is 85.3 Å². The molecule has 0 amide bonds. The van der Waals surface area contributed by atoms with E-state index >= 15 is 0 Å². The quantitative estimate of drug-likeness (QED) is 0.442. The van der Waals surface area contributed by atoms with Crippen LogP contribution in [0.4, 0.5) is 0 Å². The molecule has 0 N–H and O–H groups in total. The SMILES string of the molecule is CSc1ccc(CC(C)(C(=O)C(C)(Cc2ccc(SC)cc2)S(C)(=O)=O)S(C)(=O)=O)cc1. The van der Waals surface area contributed by atoms with E-state index in [9.17, 15) is 21.6 Å². The van der Waals surface area contributed by atoms with Gasteiger partial charge in [0.25, 0.3) is 0 Å². The molecule has 0 aliphatic carbocycles. The van der Waals surface area contributed by atoms with Crippen molar-refractivity contribution in [2.24, 2.45) is 0 Å². The molecule has 5 nitrogen and oxygen atoms in total. The van der Waals surface area contributed by atoms with Crippen LogP contribution in [-0.4, -0.2) is 57.1 Å². The summed E-state index contributed by atoms with van der Waals surface area (Å²) in [6.45, 7) is 2.68. The predicted octanol–water partition coefficient (Wildman–Crippen LogP) is 4.09. The van der Waals surface area contributed by atoms with Crippen molar-refractivity contribution in [3.63, 3.8) is 0 Å². The van der Waals surface area contributed by atoms with Crippen LogP contribution in [0.1, 0.15) is 25.0 Å². The molecule has 0 fully saturated rings. The van der Waals surface area contributed by atoms with Crippen LogP contribution in [0.25, 0.3) is 0 Å². The molecule has 2 unspecified atom stereocenters. The maximum Gasteiger partial charge on any atom is 0.175 e. The molecule has 0 aromatic heterocycles. The van der Waals surface area contributed by atoms with Crippen LogP contribution < -0.4 is 0 Å². The van der Waals surface area contributed by atoms with Gasteiger partial charge in [0.1, 0.15) is 9.49 Å². The first-order valence-electron chi connectivity index (χ1n) is 9.88. The van der Waals surface area contributed by atoms with E-state index in [2.05, 4.69) is 0 Å². The zero-order valence-corrected chi connectivity index (χ0v) is 22.5. The summed E-state index contributed by atoms with van der Waals surface area (Å²) in [4.78, 5) is 15.9. The molecule has 0 saturated carbocycles. The van der Waals surface area contributed by atoms with Crippen LogP contribution in [0.15, 0.2) is 58.3 Å². The molecule has 0 saturated heterocycles. The van der Waals surface area contributed by atoms with Crippen molar-refractivity contribution in [2.45, 2.75) is 46.0 Å². The molecule has 0 spiro atoms. The van der Waals surface area contributed by atoms with E-state index in [0.717, 1.165) is 22.3 Å². The number of carbonyl (C=O) groups excluding carboxylic acids is 1. The van der Waals surface area contributed by atoms with Crippen LogP contribution in [0, 0.1) is 0 Å². The third kappa shape index (κ3) is 5.61. The molecule has 0 radical (unpaired) electrons. The lowest BCUT2D eigenvalue weighted by Crippen LogP contribution is -2.58. The molecule has 0 aliphatic rings. The first-order chi connectivity index (χ1) is 14.7. The highest BCUT2D eigenvalue weighted by Gasteiger charge is 2.55. The van der Waals surface area contributed by atoms with Crippen LogP contribution in [0.3, 0.4) is 0 Å². The Bertz CT molecular complexity index is 1080. The fourth-order valence-electron chi connectivity index (χ4n) is 3.58. The highest BCUT2D eigenvalue weighted by atomic mass is 32.2. The Kier molecular flexibility index (Phi) is 8.35. The minimum atomic E-state index is -3.95. The van der Waals surface area contributed by atoms with Crippen molar-refractivity contribution in [1.29, 1.82) is 0 Å². The Morgan fingerprint density at radius 1 is 0.688 bits per heavy atom. The van der Waals surface area contributed by atoms with E-state index in [4.69, 9.17) is 0 Å². The number of hydrogen-bond donors (Lipinski definition) is 0. The van der Waals surface area contributed by atoms with Crippen molar-refractivity contribution >= 4 is 49.0 Å². The average Bonchev–Trinajstić information content (AvgIpc) is 2.72. The Morgan fingerprint density at radius 2 is 0.969 bits per heavy atom. The summed E-state index contributed by atoms with van der Waals surface area (Å²) < 4.78 is 47.8. The number of thioether (sulfide) groups is 2. The Labute approximate surface area is 200 Å². The van der Waals surface area contributed by atoms with Gasteiger partial charge in [0.05, 0.1) is 0 Å². The van der Waals surface area contributed by atoms with Gasteiger partial charge in [0.15, 0.2) is 25.5 Å². The fraction of sp³-hybridized carbons (Fsp3) is 0.435. The summed E-state index contributed by atoms with van der Waals surface area (Å²) in [5.41, 5.74) is 1.31. The van der Waals surface area contributed by atoms with Crippen LogP contribution >= 0.6 is 23.5 Å². The second-order valence-electron chi connectivity index (χ2n) is 8.38. The molecule has 2 rings (SSSR count). The number of Topliss-reactive ketones (excluding diaryl/α,β-unsaturated/α-hetero) is 1. The number of hydrogen-bond acceptors (Lipinski definition) is 7. The standard InChI is InChI=1S/C23H30O5S4/c1-22(31(5,25)26,15-17-7-11-19(29-3)12-8-17)21(24)23(2,32(6,27)28)16-18-9-13-20(30-4)14-10-18/h7-14H,15-16H2,1-6H3. The lowest BCUT2D eigenvalue weighted by atomic mass is 9.85. The van der Waals surface area contributed by atoms with Gasteiger partial charge in [-0.3, -0.25) is 4.79 Å². The molecule has 2 aromatic carbocycles. The van der Waals surface area contributed by atoms with E-state index in [0.29, 0.717) is 11.1 Å². The molecule has 2 aromatic rings. The maximum absolute atomic E-state index is 13.9. The average molecular weight is 515 g/mol. The van der Waals surface area contributed by atoms with Gasteiger partial charge in [0.2, 0.25) is 0 Å². The molecule has 0 bridgehead atoms. The lowest BCUT2D eigenvalue weighted by Gasteiger charge is -2.36. The third-order valence-corrected chi connectivity index (χ3v) is 11.4. The van der Waals surface area contributed by atoms with Gasteiger partial charge in [0, 0.05) is 22.3 Å². The van der Waals surface area contributed by atoms with Gasteiger partial charge in [-0.2, -0.15) is 0 Å². The van der Waals surface area contributed by atoms with Crippen LogP contribution in [0.2, 0.25) is 0 Å². The van der Waals surface area contributed by atoms with Gasteiger partial charge >= 0.3 is 0 Å². The first kappa shape index (κ1) is 27.0. The Hall–Kier alpha value is -1.29. The molecule has 176 valence electrons. The smallest absolute Gasteiger partial charge is 0.175 e. The lowest BCUT2D eigenvalue weighted by molar-refractivity contribution is -0.123. The zero-order chi connectivity index (χ0) is 24.4. The maximum atomic E-state index is 13.9. The first-order valence-corrected chi connectivity index (χ1v) is 16.1. The van der Waals surface area contributed by atoms with Crippen molar-refractivity contribution in [1.82, 2.24) is 0 Å².